The molecule has 1 aromatic carbocycles. The van der Waals surface area contributed by atoms with Gasteiger partial charge in [-0.25, -0.2) is 0 Å². The minimum Gasteiger partial charge on any atom is -0.488 e. The van der Waals surface area contributed by atoms with Crippen LogP contribution < -0.4 is 4.74 Å². The van der Waals surface area contributed by atoms with Gasteiger partial charge in [0.2, 0.25) is 0 Å². The molecule has 0 atom stereocenters. The van der Waals surface area contributed by atoms with Crippen LogP contribution in [0.25, 0.3) is 0 Å². The molecule has 1 heterocycles. The van der Waals surface area contributed by atoms with Crippen LogP contribution in [0.4, 0.5) is 0 Å². The Hall–Kier alpha value is -1.39. The van der Waals surface area contributed by atoms with Gasteiger partial charge in [-0.15, -0.1) is 0 Å². The summed E-state index contributed by atoms with van der Waals surface area (Å²) in [6, 6.07) is 7.70. The number of aryl methyl sites for hydroxylation is 1. The van der Waals surface area contributed by atoms with Crippen molar-refractivity contribution in [2.24, 2.45) is 0 Å². The second-order valence-electron chi connectivity index (χ2n) is 4.02. The van der Waals surface area contributed by atoms with Gasteiger partial charge in [0.1, 0.15) is 12.4 Å². The highest BCUT2D eigenvalue weighted by molar-refractivity contribution is 9.10. The van der Waals surface area contributed by atoms with E-state index in [0.29, 0.717) is 6.61 Å². The minimum atomic E-state index is -0.0201. The molecule has 3 nitrogen and oxygen atoms in total. The minimum absolute atomic E-state index is 0.0201. The molecule has 0 saturated heterocycles. The summed E-state index contributed by atoms with van der Waals surface area (Å²) in [5, 5.41) is 9.28. The Balaban J connectivity index is 2.15. The maximum Gasteiger partial charge on any atom is 0.128 e. The highest BCUT2D eigenvalue weighted by atomic mass is 79.9. The lowest BCUT2D eigenvalue weighted by Crippen LogP contribution is -2.01. The first-order chi connectivity index (χ1) is 8.70. The van der Waals surface area contributed by atoms with Crippen LogP contribution >= 0.6 is 15.9 Å². The van der Waals surface area contributed by atoms with E-state index in [1.54, 1.807) is 12.4 Å². The first-order valence-electron chi connectivity index (χ1n) is 5.62. The van der Waals surface area contributed by atoms with Gasteiger partial charge < -0.3 is 9.84 Å². The summed E-state index contributed by atoms with van der Waals surface area (Å²) >= 11 is 3.37. The molecule has 0 aliphatic carbocycles. The number of hydrogen-bond acceptors (Lipinski definition) is 3. The predicted molar refractivity (Wildman–Crippen MR) is 73.4 cm³/mol. The third-order valence-corrected chi connectivity index (χ3v) is 3.04. The molecule has 4 heteroatoms. The number of aromatic nitrogens is 1. The van der Waals surface area contributed by atoms with Gasteiger partial charge in [-0.2, -0.15) is 0 Å². The van der Waals surface area contributed by atoms with Crippen molar-refractivity contribution >= 4 is 15.9 Å². The number of aliphatic hydroxyl groups is 1. The third-order valence-electron chi connectivity index (χ3n) is 2.61. The van der Waals surface area contributed by atoms with Crippen LogP contribution in [0.2, 0.25) is 0 Å². The molecule has 1 aromatic heterocycles. The van der Waals surface area contributed by atoms with Crippen molar-refractivity contribution in [1.29, 1.82) is 0 Å². The van der Waals surface area contributed by atoms with Crippen molar-refractivity contribution in [2.45, 2.75) is 20.1 Å². The first kappa shape index (κ1) is 13.1. The van der Waals surface area contributed by atoms with Gasteiger partial charge in [0.15, 0.2) is 0 Å². The maximum absolute atomic E-state index is 9.28. The van der Waals surface area contributed by atoms with Crippen molar-refractivity contribution < 1.29 is 9.84 Å². The SMILES string of the molecule is Cc1cccc(CO)c1OCc1cncc(Br)c1. The molecule has 0 spiro atoms. The lowest BCUT2D eigenvalue weighted by Gasteiger charge is -2.12. The summed E-state index contributed by atoms with van der Waals surface area (Å²) in [7, 11) is 0. The molecule has 94 valence electrons. The summed E-state index contributed by atoms with van der Waals surface area (Å²) < 4.78 is 6.71. The van der Waals surface area contributed by atoms with E-state index < -0.39 is 0 Å². The van der Waals surface area contributed by atoms with Crippen molar-refractivity contribution in [1.82, 2.24) is 4.98 Å². The summed E-state index contributed by atoms with van der Waals surface area (Å²) in [5.41, 5.74) is 2.80. The maximum atomic E-state index is 9.28. The Morgan fingerprint density at radius 2 is 2.17 bits per heavy atom. The standard InChI is InChI=1S/C14H14BrNO2/c1-10-3-2-4-12(8-17)14(10)18-9-11-5-13(15)7-16-6-11/h2-7,17H,8-9H2,1H3. The quantitative estimate of drug-likeness (QED) is 0.943. The highest BCUT2D eigenvalue weighted by Crippen LogP contribution is 2.24. The zero-order valence-corrected chi connectivity index (χ0v) is 11.6. The van der Waals surface area contributed by atoms with Gasteiger partial charge in [0.25, 0.3) is 0 Å². The number of benzene rings is 1. The smallest absolute Gasteiger partial charge is 0.128 e. The molecule has 0 radical (unpaired) electrons. The average Bonchev–Trinajstić information content (AvgIpc) is 2.37. The number of nitrogens with zero attached hydrogens (tertiary/aromatic N) is 1. The zero-order valence-electron chi connectivity index (χ0n) is 10.1. The Kier molecular flexibility index (Phi) is 4.33. The molecule has 0 fully saturated rings. The number of aliphatic hydroxyl groups excluding tert-OH is 1. The third kappa shape index (κ3) is 3.09. The van der Waals surface area contributed by atoms with Gasteiger partial charge in [-0.05, 0) is 34.5 Å². The van der Waals surface area contributed by atoms with Crippen LogP contribution in [0.5, 0.6) is 5.75 Å². The van der Waals surface area contributed by atoms with Crippen LogP contribution in [-0.4, -0.2) is 10.1 Å². The molecular formula is C14H14BrNO2. The molecule has 0 aliphatic rings. The Morgan fingerprint density at radius 3 is 2.89 bits per heavy atom. The summed E-state index contributed by atoms with van der Waals surface area (Å²) in [5.74, 6) is 0.750. The Labute approximate surface area is 115 Å². The van der Waals surface area contributed by atoms with E-state index in [0.717, 1.165) is 26.9 Å². The van der Waals surface area contributed by atoms with E-state index in [4.69, 9.17) is 4.74 Å². The van der Waals surface area contributed by atoms with Crippen molar-refractivity contribution in [2.75, 3.05) is 0 Å². The predicted octanol–water partition coefficient (Wildman–Crippen LogP) is 3.22. The van der Waals surface area contributed by atoms with Crippen molar-refractivity contribution in [3.8, 4) is 5.75 Å². The van der Waals surface area contributed by atoms with E-state index in [9.17, 15) is 5.11 Å². The van der Waals surface area contributed by atoms with Gasteiger partial charge in [0.05, 0.1) is 6.61 Å². The molecule has 2 aromatic rings. The molecule has 0 bridgehead atoms. The second-order valence-corrected chi connectivity index (χ2v) is 4.94. The lowest BCUT2D eigenvalue weighted by molar-refractivity contribution is 0.258. The van der Waals surface area contributed by atoms with E-state index in [2.05, 4.69) is 20.9 Å². The number of hydrogen-bond donors (Lipinski definition) is 1. The van der Waals surface area contributed by atoms with Gasteiger partial charge >= 0.3 is 0 Å². The van der Waals surface area contributed by atoms with Crippen molar-refractivity contribution in [3.63, 3.8) is 0 Å². The number of halogens is 1. The topological polar surface area (TPSA) is 42.4 Å². The van der Waals surface area contributed by atoms with Crippen LogP contribution in [-0.2, 0) is 13.2 Å². The van der Waals surface area contributed by atoms with E-state index in [-0.39, 0.29) is 6.61 Å². The fourth-order valence-corrected chi connectivity index (χ4v) is 2.15. The Bertz CT molecular complexity index is 543. The summed E-state index contributed by atoms with van der Waals surface area (Å²) in [6.45, 7) is 2.38. The molecular weight excluding hydrogens is 294 g/mol. The van der Waals surface area contributed by atoms with E-state index in [1.807, 2.05) is 31.2 Å². The average molecular weight is 308 g/mol. The van der Waals surface area contributed by atoms with Crippen LogP contribution in [0.15, 0.2) is 41.1 Å². The number of ether oxygens (including phenoxy) is 1. The van der Waals surface area contributed by atoms with Crippen LogP contribution in [0.1, 0.15) is 16.7 Å². The lowest BCUT2D eigenvalue weighted by atomic mass is 10.1. The number of para-hydroxylation sites is 1. The van der Waals surface area contributed by atoms with Gasteiger partial charge in [0, 0.05) is 28.0 Å². The molecule has 0 saturated carbocycles. The fourth-order valence-electron chi connectivity index (χ4n) is 1.73. The highest BCUT2D eigenvalue weighted by Gasteiger charge is 2.06. The largest absolute Gasteiger partial charge is 0.488 e. The Morgan fingerprint density at radius 1 is 1.33 bits per heavy atom. The zero-order chi connectivity index (χ0) is 13.0. The normalized spacial score (nSPS) is 10.4. The van der Waals surface area contributed by atoms with E-state index >= 15 is 0 Å². The summed E-state index contributed by atoms with van der Waals surface area (Å²) in [4.78, 5) is 4.09. The molecule has 1 N–H and O–H groups in total. The molecule has 0 aliphatic heterocycles. The molecule has 0 unspecified atom stereocenters. The number of pyridine rings is 1. The number of rotatable bonds is 4. The molecule has 18 heavy (non-hydrogen) atoms. The summed E-state index contributed by atoms with van der Waals surface area (Å²) in [6.07, 6.45) is 3.50. The fraction of sp³-hybridized carbons (Fsp3) is 0.214. The van der Waals surface area contributed by atoms with Crippen LogP contribution in [0, 0.1) is 6.92 Å². The van der Waals surface area contributed by atoms with Gasteiger partial charge in [-0.3, -0.25) is 4.98 Å². The molecule has 0 amide bonds. The monoisotopic (exact) mass is 307 g/mol. The second kappa shape index (κ2) is 5.98. The molecule has 2 rings (SSSR count). The van der Waals surface area contributed by atoms with E-state index in [1.165, 1.54) is 0 Å². The first-order valence-corrected chi connectivity index (χ1v) is 6.41. The van der Waals surface area contributed by atoms with Crippen molar-refractivity contribution in [3.05, 3.63) is 57.8 Å². The van der Waals surface area contributed by atoms with Gasteiger partial charge in [-0.1, -0.05) is 18.2 Å². The van der Waals surface area contributed by atoms with Crippen LogP contribution in [0.3, 0.4) is 0 Å².